The van der Waals surface area contributed by atoms with Gasteiger partial charge in [-0.25, -0.2) is 0 Å². The lowest BCUT2D eigenvalue weighted by Crippen LogP contribution is -2.07. The van der Waals surface area contributed by atoms with Crippen LogP contribution in [0.2, 0.25) is 0 Å². The second-order valence-electron chi connectivity index (χ2n) is 8.18. The van der Waals surface area contributed by atoms with E-state index in [1.54, 1.807) is 17.3 Å². The van der Waals surface area contributed by atoms with E-state index in [4.69, 9.17) is 0 Å². The Balaban J connectivity index is 0.000000168. The molecule has 0 bridgehead atoms. The van der Waals surface area contributed by atoms with Gasteiger partial charge in [0.2, 0.25) is 0 Å². The summed E-state index contributed by atoms with van der Waals surface area (Å²) in [4.78, 5) is 3.96. The molecule has 1 unspecified atom stereocenters. The molecule has 1 atom stereocenters. The van der Waals surface area contributed by atoms with E-state index in [0.717, 1.165) is 11.4 Å². The first-order valence-corrected chi connectivity index (χ1v) is 10.5. The van der Waals surface area contributed by atoms with Crippen molar-refractivity contribution in [2.24, 2.45) is 0 Å². The lowest BCUT2D eigenvalue weighted by molar-refractivity contribution is 0.593. The van der Waals surface area contributed by atoms with Crippen molar-refractivity contribution in [3.8, 4) is 0 Å². The molecular formula is C27H26N2. The summed E-state index contributed by atoms with van der Waals surface area (Å²) in [5.41, 5.74) is 5.73. The van der Waals surface area contributed by atoms with Crippen LogP contribution in [0.3, 0.4) is 0 Å². The van der Waals surface area contributed by atoms with Crippen molar-refractivity contribution in [3.63, 3.8) is 0 Å². The number of nitrogens with zero attached hydrogens (tertiary/aromatic N) is 2. The van der Waals surface area contributed by atoms with Crippen molar-refractivity contribution >= 4 is 27.1 Å². The number of aryl methyl sites for hydroxylation is 2. The molecule has 1 aliphatic rings. The normalized spacial score (nSPS) is 15.9. The third-order valence-electron chi connectivity index (χ3n) is 6.32. The maximum Gasteiger partial charge on any atom is 0.0634 e. The van der Waals surface area contributed by atoms with Gasteiger partial charge in [0.05, 0.1) is 11.7 Å². The minimum atomic E-state index is 0.718. The zero-order chi connectivity index (χ0) is 19.8. The van der Waals surface area contributed by atoms with Crippen molar-refractivity contribution in [3.05, 3.63) is 96.1 Å². The maximum atomic E-state index is 3.96. The predicted molar refractivity (Wildman–Crippen MR) is 123 cm³/mol. The van der Waals surface area contributed by atoms with Crippen LogP contribution in [0.1, 0.15) is 42.4 Å². The molecule has 0 fully saturated rings. The molecular weight excluding hydrogens is 352 g/mol. The standard InChI is InChI=1S/C20H20.C7H6N2/c1-13-6-5-9-18-16(13)10-11-19-17-8-4-3-7-15(17)14(2)12-20(18)19;1-2-7-6-8-3-5-9(7)4-1/h3-4,7-8,10-13H,5-6,9H2,1-2H3;1-6H. The molecule has 3 aromatic carbocycles. The molecule has 0 amide bonds. The Morgan fingerprint density at radius 3 is 2.59 bits per heavy atom. The van der Waals surface area contributed by atoms with E-state index < -0.39 is 0 Å². The fourth-order valence-corrected chi connectivity index (χ4v) is 4.80. The molecule has 0 N–H and O–H groups in total. The summed E-state index contributed by atoms with van der Waals surface area (Å²) in [5, 5.41) is 5.72. The molecule has 2 nitrogen and oxygen atoms in total. The monoisotopic (exact) mass is 378 g/mol. The van der Waals surface area contributed by atoms with Gasteiger partial charge in [0.15, 0.2) is 0 Å². The molecule has 2 heteroatoms. The number of benzene rings is 3. The molecule has 6 rings (SSSR count). The summed E-state index contributed by atoms with van der Waals surface area (Å²) >= 11 is 0. The van der Waals surface area contributed by atoms with Crippen molar-refractivity contribution in [2.75, 3.05) is 0 Å². The van der Waals surface area contributed by atoms with E-state index in [0.29, 0.717) is 0 Å². The van der Waals surface area contributed by atoms with Crippen LogP contribution in [-0.2, 0) is 6.42 Å². The SMILES string of the molecule is Cc1cc2c3c(ccc2c2ccccc12)C(C)CCC3.c1cc2cnccn2c1. The second kappa shape index (κ2) is 7.36. The molecule has 0 saturated heterocycles. The van der Waals surface area contributed by atoms with Crippen LogP contribution in [0.4, 0.5) is 0 Å². The first-order valence-electron chi connectivity index (χ1n) is 10.5. The molecule has 2 aromatic heterocycles. The fourth-order valence-electron chi connectivity index (χ4n) is 4.80. The van der Waals surface area contributed by atoms with E-state index in [1.165, 1.54) is 46.4 Å². The number of hydrogen-bond acceptors (Lipinski definition) is 1. The highest BCUT2D eigenvalue weighted by atomic mass is 14.9. The first-order chi connectivity index (χ1) is 14.2. The van der Waals surface area contributed by atoms with Crippen molar-refractivity contribution in [1.29, 1.82) is 0 Å². The summed E-state index contributed by atoms with van der Waals surface area (Å²) in [6, 6.07) is 20.0. The molecule has 0 aliphatic heterocycles. The lowest BCUT2D eigenvalue weighted by Gasteiger charge is -2.24. The number of aromatic nitrogens is 2. The molecule has 1 aliphatic carbocycles. The summed E-state index contributed by atoms with van der Waals surface area (Å²) in [7, 11) is 0. The molecule has 0 radical (unpaired) electrons. The quantitative estimate of drug-likeness (QED) is 0.263. The highest BCUT2D eigenvalue weighted by Gasteiger charge is 2.19. The topological polar surface area (TPSA) is 17.3 Å². The lowest BCUT2D eigenvalue weighted by atomic mass is 9.80. The molecule has 5 aromatic rings. The van der Waals surface area contributed by atoms with Crippen LogP contribution in [0.15, 0.2) is 79.4 Å². The largest absolute Gasteiger partial charge is 0.321 e. The highest BCUT2D eigenvalue weighted by Crippen LogP contribution is 2.38. The second-order valence-corrected chi connectivity index (χ2v) is 8.18. The van der Waals surface area contributed by atoms with E-state index >= 15 is 0 Å². The molecule has 0 spiro atoms. The van der Waals surface area contributed by atoms with Gasteiger partial charge in [0.1, 0.15) is 0 Å². The number of rotatable bonds is 0. The van der Waals surface area contributed by atoms with Crippen molar-refractivity contribution in [2.45, 2.75) is 39.0 Å². The Morgan fingerprint density at radius 1 is 0.897 bits per heavy atom. The van der Waals surface area contributed by atoms with Gasteiger partial charge in [-0.1, -0.05) is 49.4 Å². The molecule has 29 heavy (non-hydrogen) atoms. The van der Waals surface area contributed by atoms with E-state index in [-0.39, 0.29) is 0 Å². The maximum absolute atomic E-state index is 3.96. The van der Waals surface area contributed by atoms with Gasteiger partial charge >= 0.3 is 0 Å². The Labute approximate surface area is 171 Å². The minimum absolute atomic E-state index is 0.718. The fraction of sp³-hybridized carbons (Fsp3) is 0.222. The van der Waals surface area contributed by atoms with Gasteiger partial charge in [-0.2, -0.15) is 0 Å². The predicted octanol–water partition coefficient (Wildman–Crippen LogP) is 7.08. The van der Waals surface area contributed by atoms with Crippen LogP contribution < -0.4 is 0 Å². The third-order valence-corrected chi connectivity index (χ3v) is 6.32. The zero-order valence-electron chi connectivity index (χ0n) is 17.1. The smallest absolute Gasteiger partial charge is 0.0634 e. The van der Waals surface area contributed by atoms with Gasteiger partial charge < -0.3 is 4.40 Å². The Hall–Kier alpha value is -3.13. The van der Waals surface area contributed by atoms with Crippen LogP contribution in [-0.4, -0.2) is 9.38 Å². The van der Waals surface area contributed by atoms with Gasteiger partial charge in [-0.05, 0) is 82.5 Å². The molecule has 2 heterocycles. The Bertz CT molecular complexity index is 1280. The Kier molecular flexibility index (Phi) is 4.55. The average Bonchev–Trinajstić information content (AvgIpc) is 3.24. The summed E-state index contributed by atoms with van der Waals surface area (Å²) < 4.78 is 2.02. The highest BCUT2D eigenvalue weighted by molar-refractivity contribution is 6.10. The van der Waals surface area contributed by atoms with Gasteiger partial charge in [-0.3, -0.25) is 4.98 Å². The van der Waals surface area contributed by atoms with E-state index in [9.17, 15) is 0 Å². The van der Waals surface area contributed by atoms with Gasteiger partial charge in [-0.15, -0.1) is 0 Å². The van der Waals surface area contributed by atoms with Crippen LogP contribution in [0.5, 0.6) is 0 Å². The zero-order valence-corrected chi connectivity index (χ0v) is 17.1. The number of hydrogen-bond donors (Lipinski definition) is 0. The number of fused-ring (bicyclic) bond motifs is 6. The van der Waals surface area contributed by atoms with Crippen LogP contribution in [0, 0.1) is 6.92 Å². The average molecular weight is 379 g/mol. The first kappa shape index (κ1) is 17.9. The Morgan fingerprint density at radius 2 is 1.72 bits per heavy atom. The van der Waals surface area contributed by atoms with E-state index in [2.05, 4.69) is 61.3 Å². The summed E-state index contributed by atoms with van der Waals surface area (Å²) in [6.07, 6.45) is 11.4. The minimum Gasteiger partial charge on any atom is -0.321 e. The van der Waals surface area contributed by atoms with Crippen LogP contribution in [0.25, 0.3) is 27.1 Å². The molecule has 0 saturated carbocycles. The van der Waals surface area contributed by atoms with Gasteiger partial charge in [0, 0.05) is 18.6 Å². The van der Waals surface area contributed by atoms with Crippen molar-refractivity contribution in [1.82, 2.24) is 9.38 Å². The van der Waals surface area contributed by atoms with Gasteiger partial charge in [0.25, 0.3) is 0 Å². The van der Waals surface area contributed by atoms with Crippen LogP contribution >= 0.6 is 0 Å². The third kappa shape index (κ3) is 3.19. The summed E-state index contributed by atoms with van der Waals surface area (Å²) in [6.45, 7) is 4.62. The summed E-state index contributed by atoms with van der Waals surface area (Å²) in [5.74, 6) is 0.718. The van der Waals surface area contributed by atoms with E-state index in [1.807, 2.05) is 35.1 Å². The van der Waals surface area contributed by atoms with Crippen molar-refractivity contribution < 1.29 is 0 Å². The molecule has 144 valence electrons.